The van der Waals surface area contributed by atoms with Gasteiger partial charge in [-0.05, 0) is 38.2 Å². The number of benzene rings is 1. The van der Waals surface area contributed by atoms with Crippen molar-refractivity contribution in [3.8, 4) is 5.75 Å². The van der Waals surface area contributed by atoms with Crippen molar-refractivity contribution in [2.75, 3.05) is 33.8 Å². The van der Waals surface area contributed by atoms with Crippen molar-refractivity contribution in [2.45, 2.75) is 32.7 Å². The second-order valence-electron chi connectivity index (χ2n) is 6.66. The molecule has 1 unspecified atom stereocenters. The third kappa shape index (κ3) is 4.25. The molecule has 0 radical (unpaired) electrons. The van der Waals surface area contributed by atoms with Gasteiger partial charge < -0.3 is 19.6 Å². The van der Waals surface area contributed by atoms with Crippen molar-refractivity contribution in [1.82, 2.24) is 9.80 Å². The van der Waals surface area contributed by atoms with Crippen LogP contribution in [0.15, 0.2) is 35.6 Å². The SMILES string of the molecule is CCCOc1ccc(C2C(C(=O)CC)=C(O)C(=O)N2CCN(C)C)cc1. The maximum atomic E-state index is 12.6. The van der Waals surface area contributed by atoms with Gasteiger partial charge in [0.2, 0.25) is 0 Å². The zero-order valence-corrected chi connectivity index (χ0v) is 16.0. The lowest BCUT2D eigenvalue weighted by atomic mass is 9.95. The van der Waals surface area contributed by atoms with E-state index in [1.807, 2.05) is 50.2 Å². The van der Waals surface area contributed by atoms with Crippen molar-refractivity contribution in [2.24, 2.45) is 0 Å². The number of carbonyl (C=O) groups excluding carboxylic acids is 2. The average molecular weight is 360 g/mol. The molecule has 26 heavy (non-hydrogen) atoms. The number of likely N-dealkylation sites (N-methyl/N-ethyl adjacent to an activating group) is 1. The molecule has 1 aliphatic heterocycles. The molecule has 6 nitrogen and oxygen atoms in total. The number of aliphatic hydroxyl groups is 1. The standard InChI is InChI=1S/C20H28N2O4/c1-5-13-26-15-9-7-14(8-10-15)18-17(16(23)6-2)19(24)20(25)22(18)12-11-21(3)4/h7-10,18,24H,5-6,11-13H2,1-4H3. The third-order valence-corrected chi connectivity index (χ3v) is 4.38. The van der Waals surface area contributed by atoms with Crippen LogP contribution in [0.3, 0.4) is 0 Å². The van der Waals surface area contributed by atoms with Crippen LogP contribution in [0.25, 0.3) is 0 Å². The van der Waals surface area contributed by atoms with Crippen LogP contribution >= 0.6 is 0 Å². The number of carbonyl (C=O) groups is 2. The minimum absolute atomic E-state index is 0.193. The second kappa shape index (κ2) is 8.85. The Balaban J connectivity index is 2.36. The second-order valence-corrected chi connectivity index (χ2v) is 6.66. The molecular weight excluding hydrogens is 332 g/mol. The lowest BCUT2D eigenvalue weighted by molar-refractivity contribution is -0.129. The van der Waals surface area contributed by atoms with Crippen LogP contribution in [-0.4, -0.2) is 60.4 Å². The summed E-state index contributed by atoms with van der Waals surface area (Å²) in [6.07, 6.45) is 1.16. The molecule has 1 aliphatic rings. The summed E-state index contributed by atoms with van der Waals surface area (Å²) in [5.74, 6) is -0.372. The average Bonchev–Trinajstić information content (AvgIpc) is 2.89. The van der Waals surface area contributed by atoms with Gasteiger partial charge in [-0.1, -0.05) is 26.0 Å². The first-order valence-electron chi connectivity index (χ1n) is 9.05. The molecule has 6 heteroatoms. The zero-order valence-electron chi connectivity index (χ0n) is 16.0. The molecule has 0 spiro atoms. The van der Waals surface area contributed by atoms with Crippen LogP contribution in [0.4, 0.5) is 0 Å². The largest absolute Gasteiger partial charge is 0.503 e. The van der Waals surface area contributed by atoms with Crippen molar-refractivity contribution in [3.05, 3.63) is 41.2 Å². The summed E-state index contributed by atoms with van der Waals surface area (Å²) in [5.41, 5.74) is 0.986. The van der Waals surface area contributed by atoms with Gasteiger partial charge in [0.25, 0.3) is 5.91 Å². The smallest absolute Gasteiger partial charge is 0.290 e. The molecule has 1 aromatic carbocycles. The highest BCUT2D eigenvalue weighted by Crippen LogP contribution is 2.38. The molecule has 0 bridgehead atoms. The van der Waals surface area contributed by atoms with E-state index in [-0.39, 0.29) is 17.8 Å². The van der Waals surface area contributed by atoms with Crippen molar-refractivity contribution < 1.29 is 19.4 Å². The minimum atomic E-state index is -0.560. The van der Waals surface area contributed by atoms with Crippen molar-refractivity contribution >= 4 is 11.7 Å². The van der Waals surface area contributed by atoms with E-state index in [1.54, 1.807) is 11.8 Å². The maximum Gasteiger partial charge on any atom is 0.290 e. The first-order valence-corrected chi connectivity index (χ1v) is 9.05. The first kappa shape index (κ1) is 20.0. The van der Waals surface area contributed by atoms with Crippen LogP contribution in [-0.2, 0) is 9.59 Å². The van der Waals surface area contributed by atoms with Crippen LogP contribution in [0.2, 0.25) is 0 Å². The number of hydrogen-bond acceptors (Lipinski definition) is 5. The van der Waals surface area contributed by atoms with E-state index >= 15 is 0 Å². The normalized spacial score (nSPS) is 17.3. The van der Waals surface area contributed by atoms with Gasteiger partial charge in [0.05, 0.1) is 18.2 Å². The Hall–Kier alpha value is -2.34. The molecule has 1 heterocycles. The van der Waals surface area contributed by atoms with E-state index in [1.165, 1.54) is 0 Å². The fraction of sp³-hybridized carbons (Fsp3) is 0.500. The number of ether oxygens (including phenoxy) is 1. The molecule has 0 aromatic heterocycles. The molecule has 1 amide bonds. The number of rotatable bonds is 9. The number of ketones is 1. The van der Waals surface area contributed by atoms with Crippen LogP contribution in [0.5, 0.6) is 5.75 Å². The topological polar surface area (TPSA) is 70.1 Å². The van der Waals surface area contributed by atoms with Crippen LogP contribution < -0.4 is 4.74 Å². The van der Waals surface area contributed by atoms with Gasteiger partial charge in [-0.15, -0.1) is 0 Å². The predicted molar refractivity (Wildman–Crippen MR) is 100 cm³/mol. The Kier molecular flexibility index (Phi) is 6.80. The van der Waals surface area contributed by atoms with Gasteiger partial charge in [0.15, 0.2) is 11.5 Å². The summed E-state index contributed by atoms with van der Waals surface area (Å²) in [6.45, 7) is 5.47. The number of amides is 1. The molecule has 1 aromatic rings. The first-order chi connectivity index (χ1) is 12.4. The molecule has 0 aliphatic carbocycles. The molecule has 142 valence electrons. The quantitative estimate of drug-likeness (QED) is 0.733. The molecular formula is C20H28N2O4. The lowest BCUT2D eigenvalue weighted by Gasteiger charge is -2.28. The Labute approximate surface area is 155 Å². The van der Waals surface area contributed by atoms with Crippen LogP contribution in [0, 0.1) is 0 Å². The third-order valence-electron chi connectivity index (χ3n) is 4.38. The Morgan fingerprint density at radius 2 is 1.88 bits per heavy atom. The Morgan fingerprint density at radius 1 is 1.23 bits per heavy atom. The van der Waals surface area contributed by atoms with Gasteiger partial charge in [0, 0.05) is 19.5 Å². The summed E-state index contributed by atoms with van der Waals surface area (Å²) >= 11 is 0. The Bertz CT molecular complexity index is 680. The predicted octanol–water partition coefficient (Wildman–Crippen LogP) is 2.71. The molecule has 0 fully saturated rings. The van der Waals surface area contributed by atoms with Gasteiger partial charge in [-0.3, -0.25) is 9.59 Å². The fourth-order valence-corrected chi connectivity index (χ4v) is 2.98. The zero-order chi connectivity index (χ0) is 19.3. The van der Waals surface area contributed by atoms with Gasteiger partial charge >= 0.3 is 0 Å². The summed E-state index contributed by atoms with van der Waals surface area (Å²) in [4.78, 5) is 28.5. The highest BCUT2D eigenvalue weighted by Gasteiger charge is 2.42. The summed E-state index contributed by atoms with van der Waals surface area (Å²) < 4.78 is 5.60. The maximum absolute atomic E-state index is 12.6. The van der Waals surface area contributed by atoms with Crippen LogP contribution in [0.1, 0.15) is 38.3 Å². The van der Waals surface area contributed by atoms with E-state index in [0.717, 1.165) is 17.7 Å². The number of Topliss-reactive ketones (excluding diaryl/α,β-unsaturated/α-hetero) is 1. The molecule has 0 saturated heterocycles. The van der Waals surface area contributed by atoms with Crippen molar-refractivity contribution in [3.63, 3.8) is 0 Å². The number of hydrogen-bond donors (Lipinski definition) is 1. The summed E-state index contributed by atoms with van der Waals surface area (Å²) in [6, 6.07) is 6.82. The van der Waals surface area contributed by atoms with E-state index in [0.29, 0.717) is 19.7 Å². The summed E-state index contributed by atoms with van der Waals surface area (Å²) in [5, 5.41) is 10.3. The van der Waals surface area contributed by atoms with E-state index in [4.69, 9.17) is 4.74 Å². The molecule has 1 atom stereocenters. The fourth-order valence-electron chi connectivity index (χ4n) is 2.98. The number of nitrogens with zero attached hydrogens (tertiary/aromatic N) is 2. The highest BCUT2D eigenvalue weighted by molar-refractivity contribution is 6.08. The molecule has 0 saturated carbocycles. The summed E-state index contributed by atoms with van der Waals surface area (Å²) in [7, 11) is 3.83. The van der Waals surface area contributed by atoms with Gasteiger partial charge in [-0.25, -0.2) is 0 Å². The van der Waals surface area contributed by atoms with E-state index < -0.39 is 17.7 Å². The highest BCUT2D eigenvalue weighted by atomic mass is 16.5. The van der Waals surface area contributed by atoms with E-state index in [2.05, 4.69) is 0 Å². The number of aliphatic hydroxyl groups excluding tert-OH is 1. The van der Waals surface area contributed by atoms with Crippen molar-refractivity contribution in [1.29, 1.82) is 0 Å². The molecule has 1 N–H and O–H groups in total. The minimum Gasteiger partial charge on any atom is -0.503 e. The lowest BCUT2D eigenvalue weighted by Crippen LogP contribution is -2.36. The van der Waals surface area contributed by atoms with Gasteiger partial charge in [-0.2, -0.15) is 0 Å². The molecule has 2 rings (SSSR count). The van der Waals surface area contributed by atoms with E-state index in [9.17, 15) is 14.7 Å². The monoisotopic (exact) mass is 360 g/mol. The Morgan fingerprint density at radius 3 is 2.42 bits per heavy atom. The van der Waals surface area contributed by atoms with Gasteiger partial charge in [0.1, 0.15) is 5.75 Å².